The Morgan fingerprint density at radius 2 is 2.04 bits per heavy atom. The summed E-state index contributed by atoms with van der Waals surface area (Å²) in [4.78, 5) is 27.7. The van der Waals surface area contributed by atoms with Gasteiger partial charge in [0.25, 0.3) is 5.91 Å². The molecule has 1 saturated carbocycles. The lowest BCUT2D eigenvalue weighted by molar-refractivity contribution is -0.0279. The molecule has 1 saturated heterocycles. The summed E-state index contributed by atoms with van der Waals surface area (Å²) in [6, 6.07) is 0. The highest BCUT2D eigenvalue weighted by Gasteiger charge is 2.30. The molecule has 3 heterocycles. The van der Waals surface area contributed by atoms with E-state index in [2.05, 4.69) is 15.0 Å². The Labute approximate surface area is 140 Å². The SMILES string of the molecule is Cc1cn(C)c([C@H]2CN(C(=O)c3cnc(C4CC4)nc3)CCO2)n1. The van der Waals surface area contributed by atoms with Gasteiger partial charge in [-0.25, -0.2) is 15.0 Å². The molecular weight excluding hydrogens is 306 g/mol. The van der Waals surface area contributed by atoms with Crippen molar-refractivity contribution in [3.05, 3.63) is 41.5 Å². The standard InChI is InChI=1S/C17H21N5O2/c1-11-9-21(2)16(20-11)14-10-22(5-6-24-14)17(23)13-7-18-15(19-8-13)12-3-4-12/h7-9,12,14H,3-6,10H2,1-2H3/t14-/m1/s1. The van der Waals surface area contributed by atoms with Gasteiger partial charge in [0.05, 0.1) is 24.4 Å². The number of ether oxygens (including phenoxy) is 1. The van der Waals surface area contributed by atoms with Crippen LogP contribution >= 0.6 is 0 Å². The van der Waals surface area contributed by atoms with Gasteiger partial charge >= 0.3 is 0 Å². The van der Waals surface area contributed by atoms with Crippen LogP contribution in [-0.2, 0) is 11.8 Å². The van der Waals surface area contributed by atoms with Crippen molar-refractivity contribution in [1.82, 2.24) is 24.4 Å². The maximum absolute atomic E-state index is 12.7. The fourth-order valence-electron chi connectivity index (χ4n) is 3.11. The molecule has 0 radical (unpaired) electrons. The van der Waals surface area contributed by atoms with Crippen molar-refractivity contribution in [3.63, 3.8) is 0 Å². The smallest absolute Gasteiger partial charge is 0.257 e. The largest absolute Gasteiger partial charge is 0.367 e. The third-order valence-corrected chi connectivity index (χ3v) is 4.54. The van der Waals surface area contributed by atoms with Gasteiger partial charge in [0.1, 0.15) is 17.8 Å². The van der Waals surface area contributed by atoms with Crippen LogP contribution in [0.4, 0.5) is 0 Å². The first-order chi connectivity index (χ1) is 11.6. The second-order valence-corrected chi connectivity index (χ2v) is 6.57. The Bertz CT molecular complexity index is 751. The molecule has 126 valence electrons. The van der Waals surface area contributed by atoms with Gasteiger partial charge in [0.15, 0.2) is 0 Å². The predicted molar refractivity (Wildman–Crippen MR) is 86.5 cm³/mol. The maximum Gasteiger partial charge on any atom is 0.257 e. The van der Waals surface area contributed by atoms with Crippen molar-refractivity contribution in [2.45, 2.75) is 31.8 Å². The number of hydrogen-bond acceptors (Lipinski definition) is 5. The van der Waals surface area contributed by atoms with E-state index in [9.17, 15) is 4.79 Å². The monoisotopic (exact) mass is 327 g/mol. The van der Waals surface area contributed by atoms with E-state index >= 15 is 0 Å². The summed E-state index contributed by atoms with van der Waals surface area (Å²) in [5.41, 5.74) is 1.49. The van der Waals surface area contributed by atoms with Gasteiger partial charge in [-0.3, -0.25) is 4.79 Å². The molecule has 0 aromatic carbocycles. The lowest BCUT2D eigenvalue weighted by atomic mass is 10.2. The van der Waals surface area contributed by atoms with Crippen LogP contribution in [0.1, 0.15) is 52.6 Å². The van der Waals surface area contributed by atoms with E-state index in [-0.39, 0.29) is 12.0 Å². The number of aromatic nitrogens is 4. The summed E-state index contributed by atoms with van der Waals surface area (Å²) in [7, 11) is 1.95. The molecule has 1 aliphatic carbocycles. The Hall–Kier alpha value is -2.28. The van der Waals surface area contributed by atoms with Crippen molar-refractivity contribution in [1.29, 1.82) is 0 Å². The van der Waals surface area contributed by atoms with Crippen molar-refractivity contribution in [2.24, 2.45) is 7.05 Å². The summed E-state index contributed by atoms with van der Waals surface area (Å²) in [5.74, 6) is 2.16. The van der Waals surface area contributed by atoms with Gasteiger partial charge in [-0.05, 0) is 19.8 Å². The van der Waals surface area contributed by atoms with Gasteiger partial charge in [-0.1, -0.05) is 0 Å². The molecule has 7 heteroatoms. The molecule has 4 rings (SSSR count). The van der Waals surface area contributed by atoms with Gasteiger partial charge < -0.3 is 14.2 Å². The van der Waals surface area contributed by atoms with Gasteiger partial charge in [-0.15, -0.1) is 0 Å². The normalized spacial score (nSPS) is 21.1. The van der Waals surface area contributed by atoms with Crippen LogP contribution in [0.25, 0.3) is 0 Å². The maximum atomic E-state index is 12.7. The van der Waals surface area contributed by atoms with Crippen LogP contribution in [0, 0.1) is 6.92 Å². The summed E-state index contributed by atoms with van der Waals surface area (Å²) < 4.78 is 7.78. The highest BCUT2D eigenvalue weighted by atomic mass is 16.5. The van der Waals surface area contributed by atoms with E-state index < -0.39 is 0 Å². The zero-order valence-corrected chi connectivity index (χ0v) is 14.0. The number of carbonyl (C=O) groups is 1. The minimum Gasteiger partial charge on any atom is -0.367 e. The third-order valence-electron chi connectivity index (χ3n) is 4.54. The Morgan fingerprint density at radius 3 is 2.67 bits per heavy atom. The number of morpholine rings is 1. The fourth-order valence-corrected chi connectivity index (χ4v) is 3.11. The zero-order valence-electron chi connectivity index (χ0n) is 14.0. The first kappa shape index (κ1) is 15.3. The molecule has 2 aromatic heterocycles. The Kier molecular flexibility index (Phi) is 3.80. The van der Waals surface area contributed by atoms with Crippen molar-refractivity contribution in [2.75, 3.05) is 19.7 Å². The molecule has 1 atom stereocenters. The molecule has 0 unspecified atom stereocenters. The summed E-state index contributed by atoms with van der Waals surface area (Å²) >= 11 is 0. The number of amides is 1. The predicted octanol–water partition coefficient (Wildman–Crippen LogP) is 1.61. The minimum atomic E-state index is -0.201. The Morgan fingerprint density at radius 1 is 1.29 bits per heavy atom. The molecule has 0 N–H and O–H groups in total. The van der Waals surface area contributed by atoms with Crippen LogP contribution in [0.2, 0.25) is 0 Å². The highest BCUT2D eigenvalue weighted by Crippen LogP contribution is 2.37. The van der Waals surface area contributed by atoms with Crippen LogP contribution in [-0.4, -0.2) is 50.0 Å². The summed E-state index contributed by atoms with van der Waals surface area (Å²) in [5, 5.41) is 0. The Balaban J connectivity index is 1.48. The van der Waals surface area contributed by atoms with Gasteiger partial charge in [-0.2, -0.15) is 0 Å². The van der Waals surface area contributed by atoms with Crippen molar-refractivity contribution in [3.8, 4) is 0 Å². The average Bonchev–Trinajstić information content (AvgIpc) is 3.39. The van der Waals surface area contributed by atoms with E-state index in [1.54, 1.807) is 17.3 Å². The van der Waals surface area contributed by atoms with E-state index in [1.165, 1.54) is 0 Å². The molecule has 24 heavy (non-hydrogen) atoms. The molecule has 2 fully saturated rings. The van der Waals surface area contributed by atoms with Crippen LogP contribution in [0.15, 0.2) is 18.6 Å². The lowest BCUT2D eigenvalue weighted by Gasteiger charge is -2.32. The topological polar surface area (TPSA) is 73.1 Å². The highest BCUT2D eigenvalue weighted by molar-refractivity contribution is 5.93. The molecule has 0 spiro atoms. The molecule has 7 nitrogen and oxygen atoms in total. The second-order valence-electron chi connectivity index (χ2n) is 6.57. The fraction of sp³-hybridized carbons (Fsp3) is 0.529. The number of rotatable bonds is 3. The zero-order chi connectivity index (χ0) is 16.7. The minimum absolute atomic E-state index is 0.0448. The summed E-state index contributed by atoms with van der Waals surface area (Å²) in [6.07, 6.45) is 7.37. The number of nitrogens with zero attached hydrogens (tertiary/aromatic N) is 5. The third kappa shape index (κ3) is 2.91. The van der Waals surface area contributed by atoms with E-state index in [4.69, 9.17) is 4.74 Å². The number of carbonyl (C=O) groups excluding carboxylic acids is 1. The molecule has 1 amide bonds. The lowest BCUT2D eigenvalue weighted by Crippen LogP contribution is -2.43. The van der Waals surface area contributed by atoms with Crippen LogP contribution < -0.4 is 0 Å². The van der Waals surface area contributed by atoms with E-state index in [0.717, 1.165) is 30.2 Å². The second kappa shape index (κ2) is 5.98. The molecule has 1 aliphatic heterocycles. The molecule has 2 aliphatic rings. The number of imidazole rings is 1. The average molecular weight is 327 g/mol. The first-order valence-corrected chi connectivity index (χ1v) is 8.34. The molecule has 2 aromatic rings. The summed E-state index contributed by atoms with van der Waals surface area (Å²) in [6.45, 7) is 3.52. The number of hydrogen-bond donors (Lipinski definition) is 0. The molecular formula is C17H21N5O2. The molecule has 0 bridgehead atoms. The van der Waals surface area contributed by atoms with Crippen LogP contribution in [0.3, 0.4) is 0 Å². The van der Waals surface area contributed by atoms with Crippen molar-refractivity contribution < 1.29 is 9.53 Å². The van der Waals surface area contributed by atoms with Crippen LogP contribution in [0.5, 0.6) is 0 Å². The van der Waals surface area contributed by atoms with E-state index in [0.29, 0.717) is 31.2 Å². The van der Waals surface area contributed by atoms with Gasteiger partial charge in [0.2, 0.25) is 0 Å². The van der Waals surface area contributed by atoms with E-state index in [1.807, 2.05) is 24.7 Å². The first-order valence-electron chi connectivity index (χ1n) is 8.34. The number of aryl methyl sites for hydroxylation is 2. The van der Waals surface area contributed by atoms with Crippen molar-refractivity contribution >= 4 is 5.91 Å². The van der Waals surface area contributed by atoms with Gasteiger partial charge in [0, 0.05) is 38.1 Å². The quantitative estimate of drug-likeness (QED) is 0.856.